The summed E-state index contributed by atoms with van der Waals surface area (Å²) in [6.45, 7) is 5.61. The maximum atomic E-state index is 5.83. The molecular formula is C17H23N3O2S. The Morgan fingerprint density at radius 3 is 2.74 bits per heavy atom. The number of rotatable bonds is 7. The Labute approximate surface area is 141 Å². The molecule has 0 aliphatic carbocycles. The van der Waals surface area contributed by atoms with Crippen LogP contribution in [-0.4, -0.2) is 56.4 Å². The van der Waals surface area contributed by atoms with Crippen LogP contribution >= 0.6 is 11.3 Å². The van der Waals surface area contributed by atoms with Crippen LogP contribution in [0.15, 0.2) is 30.5 Å². The van der Waals surface area contributed by atoms with Gasteiger partial charge in [-0.2, -0.15) is 0 Å². The zero-order chi connectivity index (χ0) is 15.9. The predicted molar refractivity (Wildman–Crippen MR) is 94.5 cm³/mol. The Morgan fingerprint density at radius 1 is 1.26 bits per heavy atom. The number of nitrogens with one attached hydrogen (secondary N) is 1. The van der Waals surface area contributed by atoms with Gasteiger partial charge in [-0.05, 0) is 30.7 Å². The molecule has 1 saturated heterocycles. The molecule has 0 unspecified atom stereocenters. The zero-order valence-corrected chi connectivity index (χ0v) is 14.3. The van der Waals surface area contributed by atoms with Gasteiger partial charge >= 0.3 is 0 Å². The van der Waals surface area contributed by atoms with Crippen LogP contribution < -0.4 is 10.1 Å². The lowest BCUT2D eigenvalue weighted by atomic mass is 10.2. The number of ether oxygens (including phenoxy) is 2. The lowest BCUT2D eigenvalue weighted by Gasteiger charge is -2.26. The molecule has 1 aliphatic heterocycles. The maximum Gasteiger partial charge on any atom is 0.125 e. The van der Waals surface area contributed by atoms with Crippen molar-refractivity contribution in [3.05, 3.63) is 30.5 Å². The molecule has 1 N–H and O–H groups in total. The van der Waals surface area contributed by atoms with Gasteiger partial charge in [0.2, 0.25) is 0 Å². The number of nitrogens with zero attached hydrogens (tertiary/aromatic N) is 2. The molecule has 0 saturated carbocycles. The highest BCUT2D eigenvalue weighted by Gasteiger charge is 2.09. The van der Waals surface area contributed by atoms with Crippen molar-refractivity contribution in [3.63, 3.8) is 0 Å². The van der Waals surface area contributed by atoms with E-state index in [0.29, 0.717) is 0 Å². The highest BCUT2D eigenvalue weighted by Crippen LogP contribution is 2.29. The minimum absolute atomic E-state index is 0.748. The van der Waals surface area contributed by atoms with Crippen LogP contribution in [0.25, 0.3) is 10.6 Å². The third-order valence-corrected chi connectivity index (χ3v) is 4.91. The molecule has 0 bridgehead atoms. The normalized spacial score (nSPS) is 15.5. The smallest absolute Gasteiger partial charge is 0.125 e. The maximum absolute atomic E-state index is 5.83. The molecule has 0 radical (unpaired) electrons. The Hall–Kier alpha value is -1.63. The van der Waals surface area contributed by atoms with E-state index < -0.39 is 0 Å². The molecule has 0 spiro atoms. The van der Waals surface area contributed by atoms with E-state index in [1.165, 1.54) is 0 Å². The minimum atomic E-state index is 0.748. The molecule has 1 aromatic heterocycles. The SMILES string of the molecule is CNc1cnc(-c2ccc(OCCCN3CCOCC3)cc2)s1. The average Bonchev–Trinajstić information content (AvgIpc) is 3.09. The summed E-state index contributed by atoms with van der Waals surface area (Å²) in [5.41, 5.74) is 1.12. The lowest BCUT2D eigenvalue weighted by molar-refractivity contribution is 0.0358. The predicted octanol–water partition coefficient (Wildman–Crippen LogP) is 2.95. The molecule has 124 valence electrons. The van der Waals surface area contributed by atoms with Crippen molar-refractivity contribution < 1.29 is 9.47 Å². The van der Waals surface area contributed by atoms with E-state index in [9.17, 15) is 0 Å². The van der Waals surface area contributed by atoms with Gasteiger partial charge in [-0.3, -0.25) is 4.90 Å². The van der Waals surface area contributed by atoms with E-state index in [2.05, 4.69) is 27.3 Å². The van der Waals surface area contributed by atoms with Crippen LogP contribution in [0, 0.1) is 0 Å². The van der Waals surface area contributed by atoms with Gasteiger partial charge in [0.15, 0.2) is 0 Å². The molecule has 1 aliphatic rings. The summed E-state index contributed by atoms with van der Waals surface area (Å²) in [7, 11) is 1.91. The first kappa shape index (κ1) is 16.2. The van der Waals surface area contributed by atoms with Crippen LogP contribution in [0.3, 0.4) is 0 Å². The van der Waals surface area contributed by atoms with Crippen LogP contribution in [-0.2, 0) is 4.74 Å². The van der Waals surface area contributed by atoms with Crippen molar-refractivity contribution in [3.8, 4) is 16.3 Å². The largest absolute Gasteiger partial charge is 0.494 e. The quantitative estimate of drug-likeness (QED) is 0.790. The highest BCUT2D eigenvalue weighted by molar-refractivity contribution is 7.18. The summed E-state index contributed by atoms with van der Waals surface area (Å²) in [6, 6.07) is 8.17. The summed E-state index contributed by atoms with van der Waals surface area (Å²) >= 11 is 1.65. The van der Waals surface area contributed by atoms with Crippen molar-refractivity contribution in [2.24, 2.45) is 0 Å². The number of anilines is 1. The van der Waals surface area contributed by atoms with Crippen LogP contribution in [0.2, 0.25) is 0 Å². The summed E-state index contributed by atoms with van der Waals surface area (Å²) < 4.78 is 11.2. The molecule has 0 amide bonds. The zero-order valence-electron chi connectivity index (χ0n) is 13.5. The van der Waals surface area contributed by atoms with Crippen molar-refractivity contribution in [1.82, 2.24) is 9.88 Å². The van der Waals surface area contributed by atoms with Crippen molar-refractivity contribution in [1.29, 1.82) is 0 Å². The molecule has 1 fully saturated rings. The van der Waals surface area contributed by atoms with Crippen LogP contribution in [0.1, 0.15) is 6.42 Å². The summed E-state index contributed by atoms with van der Waals surface area (Å²) in [5, 5.41) is 5.20. The van der Waals surface area contributed by atoms with Gasteiger partial charge in [0.1, 0.15) is 15.8 Å². The van der Waals surface area contributed by atoms with Gasteiger partial charge in [0.05, 0.1) is 26.0 Å². The van der Waals surface area contributed by atoms with Gasteiger partial charge in [-0.15, -0.1) is 0 Å². The second kappa shape index (κ2) is 8.29. The van der Waals surface area contributed by atoms with Gasteiger partial charge in [0, 0.05) is 32.2 Å². The first-order valence-corrected chi connectivity index (χ1v) is 8.84. The number of hydrogen-bond acceptors (Lipinski definition) is 6. The average molecular weight is 333 g/mol. The van der Waals surface area contributed by atoms with Gasteiger partial charge < -0.3 is 14.8 Å². The molecule has 5 nitrogen and oxygen atoms in total. The molecule has 2 aromatic rings. The number of thiazole rings is 1. The topological polar surface area (TPSA) is 46.6 Å². The Morgan fingerprint density at radius 2 is 2.04 bits per heavy atom. The first-order valence-electron chi connectivity index (χ1n) is 8.02. The summed E-state index contributed by atoms with van der Waals surface area (Å²) in [6.07, 6.45) is 2.90. The van der Waals surface area contributed by atoms with E-state index in [1.54, 1.807) is 11.3 Å². The summed E-state index contributed by atoms with van der Waals surface area (Å²) in [4.78, 5) is 6.84. The van der Waals surface area contributed by atoms with E-state index in [1.807, 2.05) is 25.4 Å². The van der Waals surface area contributed by atoms with Crippen molar-refractivity contribution >= 4 is 16.3 Å². The van der Waals surface area contributed by atoms with Crippen molar-refractivity contribution in [2.45, 2.75) is 6.42 Å². The highest BCUT2D eigenvalue weighted by atomic mass is 32.1. The van der Waals surface area contributed by atoms with E-state index in [0.717, 1.165) is 67.2 Å². The third-order valence-electron chi connectivity index (χ3n) is 3.84. The third kappa shape index (κ3) is 4.67. The fourth-order valence-electron chi connectivity index (χ4n) is 2.52. The Balaban J connectivity index is 1.44. The molecular weight excluding hydrogens is 310 g/mol. The monoisotopic (exact) mass is 333 g/mol. The summed E-state index contributed by atoms with van der Waals surface area (Å²) in [5.74, 6) is 0.918. The second-order valence-electron chi connectivity index (χ2n) is 5.46. The molecule has 2 heterocycles. The standard InChI is InChI=1S/C17H23N3O2S/c1-18-16-13-19-17(23-16)14-3-5-15(6-4-14)22-10-2-7-20-8-11-21-12-9-20/h3-6,13,18H,2,7-12H2,1H3. The minimum Gasteiger partial charge on any atom is -0.494 e. The number of hydrogen-bond donors (Lipinski definition) is 1. The second-order valence-corrected chi connectivity index (χ2v) is 6.49. The van der Waals surface area contributed by atoms with E-state index in [-0.39, 0.29) is 0 Å². The van der Waals surface area contributed by atoms with Crippen molar-refractivity contribution in [2.75, 3.05) is 51.8 Å². The molecule has 1 aromatic carbocycles. The van der Waals surface area contributed by atoms with Crippen LogP contribution in [0.5, 0.6) is 5.75 Å². The lowest BCUT2D eigenvalue weighted by Crippen LogP contribution is -2.37. The first-order chi connectivity index (χ1) is 11.3. The van der Waals surface area contributed by atoms with E-state index >= 15 is 0 Å². The van der Waals surface area contributed by atoms with E-state index in [4.69, 9.17) is 9.47 Å². The fraction of sp³-hybridized carbons (Fsp3) is 0.471. The van der Waals surface area contributed by atoms with Gasteiger partial charge in [0.25, 0.3) is 0 Å². The molecule has 23 heavy (non-hydrogen) atoms. The molecule has 0 atom stereocenters. The molecule has 6 heteroatoms. The molecule has 3 rings (SSSR count). The fourth-order valence-corrected chi connectivity index (χ4v) is 3.29. The van der Waals surface area contributed by atoms with Gasteiger partial charge in [-0.25, -0.2) is 4.98 Å². The van der Waals surface area contributed by atoms with Crippen LogP contribution in [0.4, 0.5) is 5.00 Å². The number of benzene rings is 1. The Kier molecular flexibility index (Phi) is 5.85. The van der Waals surface area contributed by atoms with Gasteiger partial charge in [-0.1, -0.05) is 11.3 Å². The Bertz CT molecular complexity index is 594. The number of aromatic nitrogens is 1. The number of morpholine rings is 1.